The predicted octanol–water partition coefficient (Wildman–Crippen LogP) is 1.99. The first-order valence-corrected chi connectivity index (χ1v) is 5.11. The highest BCUT2D eigenvalue weighted by Crippen LogP contribution is 2.15. The van der Waals surface area contributed by atoms with E-state index < -0.39 is 5.97 Å². The fourth-order valence-corrected chi connectivity index (χ4v) is 1.60. The molecule has 0 spiro atoms. The second kappa shape index (κ2) is 5.17. The smallest absolute Gasteiger partial charge is 0.337 e. The Bertz CT molecular complexity index is 322. The summed E-state index contributed by atoms with van der Waals surface area (Å²) < 4.78 is 7.74. The van der Waals surface area contributed by atoms with Gasteiger partial charge in [0.25, 0.3) is 0 Å². The van der Waals surface area contributed by atoms with Gasteiger partial charge in [-0.25, -0.2) is 4.79 Å². The van der Waals surface area contributed by atoms with Gasteiger partial charge in [-0.3, -0.25) is 0 Å². The van der Waals surface area contributed by atoms with Crippen LogP contribution in [0, 0.1) is 0 Å². The summed E-state index contributed by atoms with van der Waals surface area (Å²) in [5, 5.41) is 8.73. The fraction of sp³-hybridized carbons (Fsp3) is 0.444. The topological polar surface area (TPSA) is 51.5 Å². The fourth-order valence-electron chi connectivity index (χ4n) is 1.07. The lowest BCUT2D eigenvalue weighted by Gasteiger charge is -2.04. The lowest BCUT2D eigenvalue weighted by Crippen LogP contribution is -2.05. The van der Waals surface area contributed by atoms with Crippen LogP contribution < -0.4 is 0 Å². The van der Waals surface area contributed by atoms with Gasteiger partial charge in [0.05, 0.1) is 16.8 Å². The molecule has 0 amide bonds. The molecule has 1 aromatic rings. The average Bonchev–Trinajstić information content (AvgIpc) is 2.49. The normalized spacial score (nSPS) is 10.4. The summed E-state index contributed by atoms with van der Waals surface area (Å²) in [4.78, 5) is 10.6. The van der Waals surface area contributed by atoms with Crippen LogP contribution >= 0.6 is 15.9 Å². The molecule has 4 nitrogen and oxygen atoms in total. The van der Waals surface area contributed by atoms with Crippen molar-refractivity contribution in [2.24, 2.45) is 0 Å². The average molecular weight is 262 g/mol. The van der Waals surface area contributed by atoms with E-state index in [1.807, 2.05) is 6.92 Å². The lowest BCUT2D eigenvalue weighted by atomic mass is 10.4. The molecule has 1 N–H and O–H groups in total. The maximum atomic E-state index is 10.6. The summed E-state index contributed by atoms with van der Waals surface area (Å²) in [6, 6.07) is 1.58. The Morgan fingerprint density at radius 2 is 2.43 bits per heavy atom. The van der Waals surface area contributed by atoms with Crippen molar-refractivity contribution < 1.29 is 14.6 Å². The highest BCUT2D eigenvalue weighted by Gasteiger charge is 2.08. The van der Waals surface area contributed by atoms with Gasteiger partial charge in [0, 0.05) is 19.3 Å². The number of hydrogen-bond acceptors (Lipinski definition) is 2. The second-order valence-electron chi connectivity index (χ2n) is 2.75. The van der Waals surface area contributed by atoms with Crippen LogP contribution in [0.3, 0.4) is 0 Å². The molecule has 1 heterocycles. The lowest BCUT2D eigenvalue weighted by molar-refractivity contribution is 0.0696. The molecular formula is C9H12BrNO3. The molecular weight excluding hydrogens is 250 g/mol. The molecule has 0 radical (unpaired) electrons. The Balaban J connectivity index is 2.63. The number of nitrogens with zero attached hydrogens (tertiary/aromatic N) is 1. The summed E-state index contributed by atoms with van der Waals surface area (Å²) in [6.07, 6.45) is 1.59. The van der Waals surface area contributed by atoms with Gasteiger partial charge in [0.2, 0.25) is 0 Å². The van der Waals surface area contributed by atoms with Crippen LogP contribution in [0.4, 0.5) is 0 Å². The van der Waals surface area contributed by atoms with E-state index in [-0.39, 0.29) is 5.56 Å². The highest BCUT2D eigenvalue weighted by atomic mass is 79.9. The van der Waals surface area contributed by atoms with Gasteiger partial charge >= 0.3 is 5.97 Å². The first-order chi connectivity index (χ1) is 6.65. The number of ether oxygens (including phenoxy) is 1. The number of carboxylic acids is 1. The standard InChI is InChI=1S/C9H12BrNO3/c1-2-14-4-3-11-6-7(9(12)13)5-8(11)10/h5-6H,2-4H2,1H3,(H,12,13). The Labute approximate surface area is 90.6 Å². The molecule has 0 aromatic carbocycles. The molecule has 1 aromatic heterocycles. The van der Waals surface area contributed by atoms with Crippen molar-refractivity contribution >= 4 is 21.9 Å². The van der Waals surface area contributed by atoms with Gasteiger partial charge in [-0.15, -0.1) is 0 Å². The van der Waals surface area contributed by atoms with Gasteiger partial charge < -0.3 is 14.4 Å². The van der Waals surface area contributed by atoms with Crippen LogP contribution in [0.15, 0.2) is 16.9 Å². The van der Waals surface area contributed by atoms with Crippen LogP contribution in [-0.2, 0) is 11.3 Å². The van der Waals surface area contributed by atoms with Gasteiger partial charge in [-0.1, -0.05) is 0 Å². The van der Waals surface area contributed by atoms with Crippen molar-refractivity contribution in [3.05, 3.63) is 22.4 Å². The maximum absolute atomic E-state index is 10.6. The Kier molecular flexibility index (Phi) is 4.16. The number of aromatic carboxylic acids is 1. The van der Waals surface area contributed by atoms with E-state index in [1.165, 1.54) is 0 Å². The van der Waals surface area contributed by atoms with Crippen molar-refractivity contribution in [3.8, 4) is 0 Å². The number of halogens is 1. The van der Waals surface area contributed by atoms with Crippen molar-refractivity contribution in [3.63, 3.8) is 0 Å². The minimum absolute atomic E-state index is 0.286. The molecule has 0 saturated carbocycles. The largest absolute Gasteiger partial charge is 0.478 e. The molecule has 0 unspecified atom stereocenters. The van der Waals surface area contributed by atoms with Gasteiger partial charge in [0.1, 0.15) is 0 Å². The molecule has 0 fully saturated rings. The summed E-state index contributed by atoms with van der Waals surface area (Å²) >= 11 is 3.28. The number of carbonyl (C=O) groups is 1. The van der Waals surface area contributed by atoms with Crippen molar-refractivity contribution in [1.82, 2.24) is 4.57 Å². The Morgan fingerprint density at radius 3 is 2.93 bits per heavy atom. The van der Waals surface area contributed by atoms with E-state index in [1.54, 1.807) is 16.8 Å². The molecule has 14 heavy (non-hydrogen) atoms. The first kappa shape index (κ1) is 11.3. The third-order valence-corrected chi connectivity index (χ3v) is 2.46. The van der Waals surface area contributed by atoms with Crippen molar-refractivity contribution in [2.75, 3.05) is 13.2 Å². The molecule has 0 atom stereocenters. The maximum Gasteiger partial charge on any atom is 0.337 e. The van der Waals surface area contributed by atoms with Crippen LogP contribution in [0.1, 0.15) is 17.3 Å². The van der Waals surface area contributed by atoms with Crippen molar-refractivity contribution in [1.29, 1.82) is 0 Å². The summed E-state index contributed by atoms with van der Waals surface area (Å²) in [7, 11) is 0. The van der Waals surface area contributed by atoms with Crippen LogP contribution in [0.25, 0.3) is 0 Å². The molecule has 5 heteroatoms. The third kappa shape index (κ3) is 2.85. The quantitative estimate of drug-likeness (QED) is 0.825. The monoisotopic (exact) mass is 261 g/mol. The van der Waals surface area contributed by atoms with Crippen molar-refractivity contribution in [2.45, 2.75) is 13.5 Å². The zero-order valence-electron chi connectivity index (χ0n) is 7.86. The van der Waals surface area contributed by atoms with E-state index >= 15 is 0 Å². The molecule has 0 saturated heterocycles. The molecule has 1 rings (SSSR count). The van der Waals surface area contributed by atoms with Crippen LogP contribution in [0.2, 0.25) is 0 Å². The van der Waals surface area contributed by atoms with Gasteiger partial charge in [0.15, 0.2) is 0 Å². The van der Waals surface area contributed by atoms with E-state index in [4.69, 9.17) is 9.84 Å². The SMILES string of the molecule is CCOCCn1cc(C(=O)O)cc1Br. The molecule has 0 aliphatic rings. The Morgan fingerprint density at radius 1 is 1.71 bits per heavy atom. The summed E-state index contributed by atoms with van der Waals surface area (Å²) in [6.45, 7) is 3.84. The van der Waals surface area contributed by atoms with E-state index in [2.05, 4.69) is 15.9 Å². The van der Waals surface area contributed by atoms with Crippen LogP contribution in [-0.4, -0.2) is 28.9 Å². The zero-order chi connectivity index (χ0) is 10.6. The molecule has 0 aliphatic heterocycles. The number of hydrogen-bond donors (Lipinski definition) is 1. The first-order valence-electron chi connectivity index (χ1n) is 4.32. The Hall–Kier alpha value is -0.810. The van der Waals surface area contributed by atoms with E-state index in [0.717, 1.165) is 4.60 Å². The summed E-state index contributed by atoms with van der Waals surface area (Å²) in [5.41, 5.74) is 0.286. The zero-order valence-corrected chi connectivity index (χ0v) is 9.45. The minimum atomic E-state index is -0.916. The minimum Gasteiger partial charge on any atom is -0.478 e. The second-order valence-corrected chi connectivity index (χ2v) is 3.56. The van der Waals surface area contributed by atoms with Crippen LogP contribution in [0.5, 0.6) is 0 Å². The summed E-state index contributed by atoms with van der Waals surface area (Å²) in [5.74, 6) is -0.916. The van der Waals surface area contributed by atoms with Gasteiger partial charge in [-0.2, -0.15) is 0 Å². The number of aromatic nitrogens is 1. The highest BCUT2D eigenvalue weighted by molar-refractivity contribution is 9.10. The molecule has 0 bridgehead atoms. The third-order valence-electron chi connectivity index (χ3n) is 1.77. The van der Waals surface area contributed by atoms with Gasteiger partial charge in [-0.05, 0) is 28.9 Å². The van der Waals surface area contributed by atoms with E-state index in [0.29, 0.717) is 19.8 Å². The number of rotatable bonds is 5. The van der Waals surface area contributed by atoms with E-state index in [9.17, 15) is 4.79 Å². The number of carboxylic acid groups (broad SMARTS) is 1. The molecule has 0 aliphatic carbocycles. The predicted molar refractivity (Wildman–Crippen MR) is 55.6 cm³/mol. The molecule has 78 valence electrons.